The average molecular weight is 588 g/mol. The van der Waals surface area contributed by atoms with Gasteiger partial charge in [-0.1, -0.05) is 59.6 Å². The second-order valence-corrected chi connectivity index (χ2v) is 8.76. The molecule has 0 bridgehead atoms. The van der Waals surface area contributed by atoms with Gasteiger partial charge in [-0.05, 0) is 42.8 Å². The third-order valence-electron chi connectivity index (χ3n) is 4.71. The highest BCUT2D eigenvalue weighted by atomic mass is 35.5. The molecule has 0 saturated carbocycles. The van der Waals surface area contributed by atoms with Gasteiger partial charge in [0.25, 0.3) is 11.8 Å². The highest BCUT2D eigenvalue weighted by Gasteiger charge is 2.17. The molecule has 0 spiro atoms. The molecule has 0 radical (unpaired) electrons. The van der Waals surface area contributed by atoms with Gasteiger partial charge < -0.3 is 20.1 Å². The number of carbonyl (C=O) groups is 4. The first kappa shape index (κ1) is 30.2. The Morgan fingerprint density at radius 2 is 1.05 bits per heavy atom. The number of nitrogens with one attached hydrogen (secondary N) is 2. The van der Waals surface area contributed by atoms with Crippen molar-refractivity contribution in [1.82, 2.24) is 10.6 Å². The Balaban J connectivity index is 1.69. The molecule has 2 rings (SSSR count). The average Bonchev–Trinajstić information content (AvgIpc) is 2.89. The van der Waals surface area contributed by atoms with Crippen LogP contribution in [0.1, 0.15) is 27.1 Å². The number of halogens is 4. The molecule has 37 heavy (non-hydrogen) atoms. The van der Waals surface area contributed by atoms with E-state index in [2.05, 4.69) is 23.8 Å². The zero-order chi connectivity index (χ0) is 27.5. The van der Waals surface area contributed by atoms with Crippen molar-refractivity contribution < 1.29 is 28.7 Å². The van der Waals surface area contributed by atoms with Crippen LogP contribution < -0.4 is 20.1 Å². The Hall–Kier alpha value is -3.04. The number of benzene rings is 2. The van der Waals surface area contributed by atoms with Crippen LogP contribution >= 0.6 is 46.4 Å². The topological polar surface area (TPSA) is 111 Å². The summed E-state index contributed by atoms with van der Waals surface area (Å²) in [5.74, 6) is -1.32. The molecule has 0 aromatic heterocycles. The van der Waals surface area contributed by atoms with Gasteiger partial charge in [-0.3, -0.25) is 19.2 Å². The molecule has 196 valence electrons. The summed E-state index contributed by atoms with van der Waals surface area (Å²) in [6.45, 7) is 6.67. The van der Waals surface area contributed by atoms with Gasteiger partial charge in [0.1, 0.15) is 21.5 Å². The largest absolute Gasteiger partial charge is 0.482 e. The van der Waals surface area contributed by atoms with E-state index in [0.717, 1.165) is 12.2 Å². The van der Waals surface area contributed by atoms with Crippen LogP contribution in [0.15, 0.2) is 49.6 Å². The molecule has 0 aliphatic heterocycles. The van der Waals surface area contributed by atoms with Crippen LogP contribution in [0.4, 0.5) is 0 Å². The van der Waals surface area contributed by atoms with Crippen molar-refractivity contribution >= 4 is 69.8 Å². The number of carbonyl (C=O) groups excluding carboxylic acids is 4. The number of allylic oxidation sites excluding steroid dienone is 2. The summed E-state index contributed by atoms with van der Waals surface area (Å²) in [6, 6.07) is 5.73. The highest BCUT2D eigenvalue weighted by molar-refractivity contribution is 6.45. The van der Waals surface area contributed by atoms with E-state index >= 15 is 0 Å². The second kappa shape index (κ2) is 14.6. The highest BCUT2D eigenvalue weighted by Crippen LogP contribution is 2.36. The molecule has 0 atom stereocenters. The fourth-order valence-electron chi connectivity index (χ4n) is 2.82. The summed E-state index contributed by atoms with van der Waals surface area (Å²) in [7, 11) is 0. The lowest BCUT2D eigenvalue weighted by Gasteiger charge is -2.12. The van der Waals surface area contributed by atoms with Crippen molar-refractivity contribution in [3.63, 3.8) is 0 Å². The molecule has 2 N–H and O–H groups in total. The van der Waals surface area contributed by atoms with Crippen LogP contribution in [-0.2, 0) is 9.59 Å². The van der Waals surface area contributed by atoms with Crippen molar-refractivity contribution in [3.05, 3.63) is 80.8 Å². The fourth-order valence-corrected chi connectivity index (χ4v) is 3.76. The minimum atomic E-state index is -0.419. The Bertz CT molecular complexity index is 1140. The maximum absolute atomic E-state index is 12.0. The first-order valence-electron chi connectivity index (χ1n) is 10.7. The van der Waals surface area contributed by atoms with E-state index in [1.807, 2.05) is 0 Å². The lowest BCUT2D eigenvalue weighted by Crippen LogP contribution is -2.34. The maximum Gasteiger partial charge on any atom is 0.257 e. The molecular formula is C25H22Cl4N2O6. The normalized spacial score (nSPS) is 10.3. The van der Waals surface area contributed by atoms with Gasteiger partial charge in [0.15, 0.2) is 24.8 Å². The van der Waals surface area contributed by atoms with Crippen LogP contribution in [0.25, 0.3) is 0 Å². The molecule has 2 aromatic carbocycles. The molecule has 0 fully saturated rings. The Labute approximate surface area is 233 Å². The molecule has 0 aliphatic carbocycles. The van der Waals surface area contributed by atoms with Crippen molar-refractivity contribution in [3.8, 4) is 11.5 Å². The van der Waals surface area contributed by atoms with Gasteiger partial charge in [-0.15, -0.1) is 0 Å². The molecule has 0 unspecified atom stereocenters. The van der Waals surface area contributed by atoms with Crippen LogP contribution in [0.3, 0.4) is 0 Å². The molecular weight excluding hydrogens is 566 g/mol. The number of amides is 2. The minimum absolute atomic E-state index is 0.00868. The van der Waals surface area contributed by atoms with Crippen LogP contribution in [0.2, 0.25) is 20.1 Å². The predicted molar refractivity (Wildman–Crippen MR) is 144 cm³/mol. The Morgan fingerprint density at radius 3 is 1.41 bits per heavy atom. The summed E-state index contributed by atoms with van der Waals surface area (Å²) >= 11 is 24.4. The van der Waals surface area contributed by atoms with E-state index in [4.69, 9.17) is 55.9 Å². The lowest BCUT2D eigenvalue weighted by molar-refractivity contribution is -0.123. The van der Waals surface area contributed by atoms with Crippen molar-refractivity contribution in [2.45, 2.75) is 6.42 Å². The lowest BCUT2D eigenvalue weighted by atomic mass is 10.1. The SMILES string of the molecule is C=CC(=O)c1ccc(OCC(=O)NCCCNC(=O)COc2ccc(C(=O)C=C)c(Cl)c2Cl)c(Cl)c1Cl. The van der Waals surface area contributed by atoms with Gasteiger partial charge in [0, 0.05) is 24.2 Å². The van der Waals surface area contributed by atoms with Gasteiger partial charge in [-0.25, -0.2) is 0 Å². The quantitative estimate of drug-likeness (QED) is 0.180. The predicted octanol–water partition coefficient (Wildman–Crippen LogP) is 5.12. The van der Waals surface area contributed by atoms with Crippen LogP contribution in [0.5, 0.6) is 11.5 Å². The summed E-state index contributed by atoms with van der Waals surface area (Å²) in [5.41, 5.74) is 0.353. The van der Waals surface area contributed by atoms with E-state index in [1.165, 1.54) is 24.3 Å². The number of hydrogen-bond acceptors (Lipinski definition) is 6. The summed E-state index contributed by atoms with van der Waals surface area (Å²) < 4.78 is 10.7. The Morgan fingerprint density at radius 1 is 0.676 bits per heavy atom. The second-order valence-electron chi connectivity index (χ2n) is 7.25. The number of ether oxygens (including phenoxy) is 2. The first-order chi connectivity index (χ1) is 17.6. The van der Waals surface area contributed by atoms with E-state index in [-0.39, 0.29) is 69.0 Å². The molecule has 2 aromatic rings. The molecule has 0 heterocycles. The smallest absolute Gasteiger partial charge is 0.257 e. The monoisotopic (exact) mass is 586 g/mol. The molecule has 0 saturated heterocycles. The standard InChI is InChI=1S/C25H22Cl4N2O6/c1-3-16(32)14-6-8-18(24(28)22(14)26)36-12-20(34)30-10-5-11-31-21(35)13-37-19-9-7-15(17(33)4-2)23(27)25(19)29/h3-4,6-9H,1-2,5,10-13H2,(H,30,34)(H,31,35). The van der Waals surface area contributed by atoms with E-state index < -0.39 is 23.4 Å². The molecule has 12 heteroatoms. The number of ketones is 2. The molecule has 2 amide bonds. The zero-order valence-electron chi connectivity index (χ0n) is 19.4. The van der Waals surface area contributed by atoms with Crippen molar-refractivity contribution in [2.75, 3.05) is 26.3 Å². The number of hydrogen-bond donors (Lipinski definition) is 2. The third-order valence-corrected chi connectivity index (χ3v) is 6.44. The van der Waals surface area contributed by atoms with E-state index in [1.54, 1.807) is 0 Å². The summed E-state index contributed by atoms with van der Waals surface area (Å²) in [6.07, 6.45) is 2.66. The van der Waals surface area contributed by atoms with Gasteiger partial charge in [0.05, 0.1) is 10.0 Å². The minimum Gasteiger partial charge on any atom is -0.482 e. The van der Waals surface area contributed by atoms with E-state index in [9.17, 15) is 19.2 Å². The van der Waals surface area contributed by atoms with Crippen LogP contribution in [0, 0.1) is 0 Å². The van der Waals surface area contributed by atoms with Crippen molar-refractivity contribution in [1.29, 1.82) is 0 Å². The summed E-state index contributed by atoms with van der Waals surface area (Å²) in [5, 5.41) is 5.31. The molecule has 0 aliphatic rings. The van der Waals surface area contributed by atoms with Crippen molar-refractivity contribution in [2.24, 2.45) is 0 Å². The first-order valence-corrected chi connectivity index (χ1v) is 12.2. The van der Waals surface area contributed by atoms with Crippen LogP contribution in [-0.4, -0.2) is 49.7 Å². The van der Waals surface area contributed by atoms with Gasteiger partial charge in [-0.2, -0.15) is 0 Å². The van der Waals surface area contributed by atoms with Gasteiger partial charge in [0.2, 0.25) is 0 Å². The maximum atomic E-state index is 12.0. The summed E-state index contributed by atoms with van der Waals surface area (Å²) in [4.78, 5) is 47.4. The Kier molecular flexibility index (Phi) is 11.9. The van der Waals surface area contributed by atoms with Gasteiger partial charge >= 0.3 is 0 Å². The molecule has 8 nitrogen and oxygen atoms in total. The fraction of sp³-hybridized carbons (Fsp3) is 0.200. The van der Waals surface area contributed by atoms with E-state index in [0.29, 0.717) is 6.42 Å². The third kappa shape index (κ3) is 8.50. The number of rotatable bonds is 14. The zero-order valence-corrected chi connectivity index (χ0v) is 22.4.